The maximum absolute atomic E-state index is 12.3. The van der Waals surface area contributed by atoms with Crippen molar-refractivity contribution in [2.24, 2.45) is 0 Å². The fourth-order valence-corrected chi connectivity index (χ4v) is 6.31. The third-order valence-corrected chi connectivity index (χ3v) is 8.56. The zero-order valence-corrected chi connectivity index (χ0v) is 18.1. The summed E-state index contributed by atoms with van der Waals surface area (Å²) in [5.74, 6) is 2.15. The first kappa shape index (κ1) is 20.8. The molecule has 0 saturated carbocycles. The van der Waals surface area contributed by atoms with E-state index in [1.54, 1.807) is 54.2 Å². The summed E-state index contributed by atoms with van der Waals surface area (Å²) in [5.41, 5.74) is 0. The second-order valence-electron chi connectivity index (χ2n) is 6.63. The first-order valence-electron chi connectivity index (χ1n) is 9.04. The zero-order chi connectivity index (χ0) is 21.2. The summed E-state index contributed by atoms with van der Waals surface area (Å²) >= 11 is 1.65. The molecule has 1 aliphatic rings. The van der Waals surface area contributed by atoms with Gasteiger partial charge in [0.05, 0.1) is 10.6 Å². The summed E-state index contributed by atoms with van der Waals surface area (Å²) < 4.78 is 59.9. The molecule has 0 spiro atoms. The van der Waals surface area contributed by atoms with E-state index in [2.05, 4.69) is 0 Å². The number of thioether (sulfide) groups is 1. The number of rotatable bonds is 8. The van der Waals surface area contributed by atoms with Gasteiger partial charge in [-0.1, -0.05) is 18.2 Å². The molecule has 1 aliphatic heterocycles. The Kier molecular flexibility index (Phi) is 5.77. The number of benzene rings is 3. The van der Waals surface area contributed by atoms with Crippen LogP contribution in [-0.2, 0) is 20.0 Å². The van der Waals surface area contributed by atoms with Gasteiger partial charge >= 0.3 is 10.1 Å². The molecular formula is C21H18O6S3. The minimum atomic E-state index is -3.91. The van der Waals surface area contributed by atoms with E-state index in [-0.39, 0.29) is 26.5 Å². The fraction of sp³-hybridized carbons (Fsp3) is 0.143. The van der Waals surface area contributed by atoms with E-state index in [1.807, 2.05) is 0 Å². The number of hydrogen-bond donors (Lipinski definition) is 0. The number of ether oxygens (including phenoxy) is 1. The van der Waals surface area contributed by atoms with Crippen LogP contribution in [0.1, 0.15) is 0 Å². The third kappa shape index (κ3) is 5.16. The molecule has 1 heterocycles. The Hall–Kier alpha value is -2.49. The van der Waals surface area contributed by atoms with Crippen LogP contribution >= 0.6 is 11.8 Å². The Morgan fingerprint density at radius 3 is 1.83 bits per heavy atom. The first-order chi connectivity index (χ1) is 14.3. The van der Waals surface area contributed by atoms with Crippen LogP contribution in [0.5, 0.6) is 17.2 Å². The highest BCUT2D eigenvalue weighted by Gasteiger charge is 2.29. The fourth-order valence-electron chi connectivity index (χ4n) is 2.68. The van der Waals surface area contributed by atoms with E-state index in [9.17, 15) is 16.8 Å². The van der Waals surface area contributed by atoms with E-state index in [1.165, 1.54) is 36.4 Å². The Morgan fingerprint density at radius 1 is 0.733 bits per heavy atom. The standard InChI is InChI=1S/C21H18O6S3/c22-29(23,15-19-14-28-19)20-12-10-17(11-13-20)26-16-6-8-18(9-7-16)27-30(24,25)21-4-2-1-3-5-21/h1-13,19H,14-15H2. The highest BCUT2D eigenvalue weighted by atomic mass is 32.2. The van der Waals surface area contributed by atoms with Crippen molar-refractivity contribution in [2.45, 2.75) is 15.0 Å². The van der Waals surface area contributed by atoms with Crippen LogP contribution in [-0.4, -0.2) is 33.6 Å². The van der Waals surface area contributed by atoms with Crippen LogP contribution in [0.15, 0.2) is 88.7 Å². The Labute approximate surface area is 179 Å². The SMILES string of the molecule is O=S(=O)(CC1CS1)c1ccc(Oc2ccc(OS(=O)(=O)c3ccccc3)cc2)cc1. The summed E-state index contributed by atoms with van der Waals surface area (Å²) in [7, 11) is -7.19. The monoisotopic (exact) mass is 462 g/mol. The van der Waals surface area contributed by atoms with E-state index in [0.717, 1.165) is 5.75 Å². The minimum absolute atomic E-state index is 0.0700. The Balaban J connectivity index is 1.41. The lowest BCUT2D eigenvalue weighted by molar-refractivity contribution is 0.474. The number of hydrogen-bond acceptors (Lipinski definition) is 7. The van der Waals surface area contributed by atoms with Crippen molar-refractivity contribution in [2.75, 3.05) is 11.5 Å². The molecule has 1 fully saturated rings. The zero-order valence-electron chi connectivity index (χ0n) is 15.7. The molecule has 3 aromatic carbocycles. The summed E-state index contributed by atoms with van der Waals surface area (Å²) in [6, 6.07) is 20.3. The summed E-state index contributed by atoms with van der Waals surface area (Å²) in [4.78, 5) is 0.345. The molecule has 0 bridgehead atoms. The molecule has 1 unspecified atom stereocenters. The second kappa shape index (κ2) is 8.33. The molecule has 30 heavy (non-hydrogen) atoms. The molecule has 0 aromatic heterocycles. The highest BCUT2D eigenvalue weighted by molar-refractivity contribution is 8.08. The average molecular weight is 463 g/mol. The topological polar surface area (TPSA) is 86.7 Å². The van der Waals surface area contributed by atoms with Crippen molar-refractivity contribution in [3.8, 4) is 17.2 Å². The van der Waals surface area contributed by atoms with Gasteiger partial charge < -0.3 is 8.92 Å². The third-order valence-electron chi connectivity index (χ3n) is 4.29. The maximum atomic E-state index is 12.3. The molecular weight excluding hydrogens is 444 g/mol. The first-order valence-corrected chi connectivity index (χ1v) is 13.1. The van der Waals surface area contributed by atoms with Gasteiger partial charge in [0.2, 0.25) is 0 Å². The predicted molar refractivity (Wildman–Crippen MR) is 116 cm³/mol. The van der Waals surface area contributed by atoms with Crippen molar-refractivity contribution in [3.05, 3.63) is 78.9 Å². The molecule has 0 radical (unpaired) electrons. The van der Waals surface area contributed by atoms with Gasteiger partial charge in [0.25, 0.3) is 0 Å². The normalized spacial score (nSPS) is 16.1. The van der Waals surface area contributed by atoms with Crippen molar-refractivity contribution in [1.29, 1.82) is 0 Å². The summed E-state index contributed by atoms with van der Waals surface area (Å²) in [5, 5.41) is 0.206. The van der Waals surface area contributed by atoms with Gasteiger partial charge in [-0.3, -0.25) is 0 Å². The lowest BCUT2D eigenvalue weighted by atomic mass is 10.3. The maximum Gasteiger partial charge on any atom is 0.339 e. The molecule has 0 N–H and O–H groups in total. The summed E-state index contributed by atoms with van der Waals surface area (Å²) in [6.45, 7) is 0. The van der Waals surface area contributed by atoms with Crippen molar-refractivity contribution in [3.63, 3.8) is 0 Å². The molecule has 1 saturated heterocycles. The van der Waals surface area contributed by atoms with E-state index in [0.29, 0.717) is 11.5 Å². The molecule has 1 atom stereocenters. The summed E-state index contributed by atoms with van der Waals surface area (Å²) in [6.07, 6.45) is 0. The molecule has 3 aromatic rings. The quantitative estimate of drug-likeness (QED) is 0.367. The van der Waals surface area contributed by atoms with Gasteiger partial charge in [-0.15, -0.1) is 0 Å². The van der Waals surface area contributed by atoms with Crippen molar-refractivity contribution < 1.29 is 25.8 Å². The minimum Gasteiger partial charge on any atom is -0.457 e. The van der Waals surface area contributed by atoms with Gasteiger partial charge in [0.1, 0.15) is 22.1 Å². The van der Waals surface area contributed by atoms with E-state index >= 15 is 0 Å². The lowest BCUT2D eigenvalue weighted by Gasteiger charge is -2.09. The smallest absolute Gasteiger partial charge is 0.339 e. The Bertz CT molecular complexity index is 1220. The van der Waals surface area contributed by atoms with Crippen molar-refractivity contribution in [1.82, 2.24) is 0 Å². The van der Waals surface area contributed by atoms with Crippen molar-refractivity contribution >= 4 is 31.7 Å². The lowest BCUT2D eigenvalue weighted by Crippen LogP contribution is -2.10. The van der Waals surface area contributed by atoms with Crippen LogP contribution in [0.3, 0.4) is 0 Å². The molecule has 0 aliphatic carbocycles. The molecule has 9 heteroatoms. The van der Waals surface area contributed by atoms with E-state index in [4.69, 9.17) is 8.92 Å². The highest BCUT2D eigenvalue weighted by Crippen LogP contribution is 2.33. The molecule has 156 valence electrons. The number of sulfone groups is 1. The molecule has 4 rings (SSSR count). The van der Waals surface area contributed by atoms with Gasteiger partial charge in [-0.2, -0.15) is 20.2 Å². The van der Waals surface area contributed by atoms with Gasteiger partial charge in [0.15, 0.2) is 9.84 Å². The van der Waals surface area contributed by atoms with Crippen LogP contribution in [0.2, 0.25) is 0 Å². The van der Waals surface area contributed by atoms with Gasteiger partial charge in [0, 0.05) is 11.0 Å². The molecule has 0 amide bonds. The van der Waals surface area contributed by atoms with Crippen LogP contribution < -0.4 is 8.92 Å². The average Bonchev–Trinajstić information content (AvgIpc) is 3.54. The predicted octanol–water partition coefficient (Wildman–Crippen LogP) is 4.14. The molecule has 6 nitrogen and oxygen atoms in total. The Morgan fingerprint density at radius 2 is 1.27 bits per heavy atom. The van der Waals surface area contributed by atoms with Crippen LogP contribution in [0, 0.1) is 0 Å². The van der Waals surface area contributed by atoms with E-state index < -0.39 is 20.0 Å². The van der Waals surface area contributed by atoms with Gasteiger partial charge in [-0.25, -0.2) is 8.42 Å². The largest absolute Gasteiger partial charge is 0.457 e. The van der Waals surface area contributed by atoms with Crippen LogP contribution in [0.25, 0.3) is 0 Å². The second-order valence-corrected chi connectivity index (χ2v) is 11.5. The van der Waals surface area contributed by atoms with Gasteiger partial charge in [-0.05, 0) is 60.7 Å². The van der Waals surface area contributed by atoms with Crippen LogP contribution in [0.4, 0.5) is 0 Å².